The van der Waals surface area contributed by atoms with Crippen molar-refractivity contribution in [2.75, 3.05) is 13.7 Å². The number of fused-ring (bicyclic) bond motifs is 1. The standard InChI is InChI=1S/C19H16ClFN6O3/c1-3-30-18(28)12-7-22-27(10-12)19-24-15-8-23-26(16(15)17(25-19)29-2)9-11-4-5-13(20)6-14(11)21/h4-8,10H,3,9H2,1-2H3. The Bertz CT molecular complexity index is 1240. The SMILES string of the molecule is CCOC(=O)c1cnn(-c2nc(OC)c3c(cnn3Cc3ccc(Cl)cc3F)n2)c1. The molecule has 4 aromatic rings. The first kappa shape index (κ1) is 19.8. The van der Waals surface area contributed by atoms with Crippen LogP contribution in [0.5, 0.6) is 5.88 Å². The second-order valence-corrected chi connectivity index (χ2v) is 6.64. The molecule has 30 heavy (non-hydrogen) atoms. The van der Waals surface area contributed by atoms with Crippen LogP contribution >= 0.6 is 11.6 Å². The number of esters is 1. The highest BCUT2D eigenvalue weighted by Crippen LogP contribution is 2.25. The predicted molar refractivity (Wildman–Crippen MR) is 105 cm³/mol. The first-order valence-electron chi connectivity index (χ1n) is 8.93. The van der Waals surface area contributed by atoms with Gasteiger partial charge in [-0.15, -0.1) is 0 Å². The van der Waals surface area contributed by atoms with Gasteiger partial charge in [0.2, 0.25) is 5.88 Å². The van der Waals surface area contributed by atoms with Crippen molar-refractivity contribution in [1.29, 1.82) is 0 Å². The highest BCUT2D eigenvalue weighted by Gasteiger charge is 2.18. The van der Waals surface area contributed by atoms with Crippen LogP contribution < -0.4 is 4.74 Å². The van der Waals surface area contributed by atoms with Crippen LogP contribution in [-0.4, -0.2) is 49.2 Å². The average Bonchev–Trinajstić information content (AvgIpc) is 3.37. The molecule has 0 spiro atoms. The number of hydrogen-bond donors (Lipinski definition) is 0. The summed E-state index contributed by atoms with van der Waals surface area (Å²) in [4.78, 5) is 20.6. The monoisotopic (exact) mass is 430 g/mol. The summed E-state index contributed by atoms with van der Waals surface area (Å²) in [5.74, 6) is -0.512. The van der Waals surface area contributed by atoms with Crippen molar-refractivity contribution in [3.05, 3.63) is 58.8 Å². The normalized spacial score (nSPS) is 11.1. The van der Waals surface area contributed by atoms with Crippen molar-refractivity contribution in [2.24, 2.45) is 0 Å². The summed E-state index contributed by atoms with van der Waals surface area (Å²) in [6.45, 7) is 2.12. The van der Waals surface area contributed by atoms with Crippen molar-refractivity contribution >= 4 is 28.6 Å². The molecular formula is C19H16ClFN6O3. The molecule has 0 N–H and O–H groups in total. The highest BCUT2D eigenvalue weighted by atomic mass is 35.5. The molecule has 0 unspecified atom stereocenters. The van der Waals surface area contributed by atoms with Crippen LogP contribution in [0.2, 0.25) is 5.02 Å². The number of carbonyl (C=O) groups is 1. The summed E-state index contributed by atoms with van der Waals surface area (Å²) in [6, 6.07) is 4.44. The van der Waals surface area contributed by atoms with Crippen LogP contribution in [0.25, 0.3) is 17.0 Å². The smallest absolute Gasteiger partial charge is 0.341 e. The van der Waals surface area contributed by atoms with Crippen molar-refractivity contribution in [3.63, 3.8) is 0 Å². The lowest BCUT2D eigenvalue weighted by Gasteiger charge is -2.09. The molecule has 0 bridgehead atoms. The minimum atomic E-state index is -0.491. The average molecular weight is 431 g/mol. The molecule has 0 aliphatic rings. The molecule has 0 aliphatic carbocycles. The highest BCUT2D eigenvalue weighted by molar-refractivity contribution is 6.30. The molecule has 0 saturated heterocycles. The Kier molecular flexibility index (Phi) is 5.32. The Balaban J connectivity index is 1.72. The largest absolute Gasteiger partial charge is 0.479 e. The van der Waals surface area contributed by atoms with E-state index in [4.69, 9.17) is 21.1 Å². The Morgan fingerprint density at radius 3 is 2.80 bits per heavy atom. The maximum Gasteiger partial charge on any atom is 0.341 e. The van der Waals surface area contributed by atoms with E-state index < -0.39 is 11.8 Å². The fourth-order valence-corrected chi connectivity index (χ4v) is 3.04. The predicted octanol–water partition coefficient (Wildman–Crippen LogP) is 3.04. The topological polar surface area (TPSA) is 97.0 Å². The number of halogens is 2. The van der Waals surface area contributed by atoms with Gasteiger partial charge in [0.15, 0.2) is 0 Å². The van der Waals surface area contributed by atoms with Crippen LogP contribution in [0.4, 0.5) is 4.39 Å². The fraction of sp³-hybridized carbons (Fsp3) is 0.211. The third-order valence-corrected chi connectivity index (χ3v) is 4.51. The van der Waals surface area contributed by atoms with Crippen LogP contribution in [0.15, 0.2) is 36.8 Å². The van der Waals surface area contributed by atoms with Gasteiger partial charge in [-0.2, -0.15) is 15.2 Å². The molecule has 3 heterocycles. The molecule has 154 valence electrons. The summed E-state index contributed by atoms with van der Waals surface area (Å²) >= 11 is 5.82. The number of rotatable bonds is 6. The van der Waals surface area contributed by atoms with E-state index in [-0.39, 0.29) is 30.5 Å². The van der Waals surface area contributed by atoms with Gasteiger partial charge in [-0.25, -0.2) is 18.9 Å². The number of benzene rings is 1. The Hall–Kier alpha value is -3.53. The van der Waals surface area contributed by atoms with Crippen molar-refractivity contribution in [2.45, 2.75) is 13.5 Å². The van der Waals surface area contributed by atoms with Crippen LogP contribution in [0.1, 0.15) is 22.8 Å². The van der Waals surface area contributed by atoms with Crippen LogP contribution in [-0.2, 0) is 11.3 Å². The van der Waals surface area contributed by atoms with Gasteiger partial charge in [0, 0.05) is 16.8 Å². The molecule has 0 amide bonds. The molecule has 3 aromatic heterocycles. The number of ether oxygens (including phenoxy) is 2. The summed E-state index contributed by atoms with van der Waals surface area (Å²) in [7, 11) is 1.46. The second kappa shape index (κ2) is 8.07. The van der Waals surface area contributed by atoms with Crippen LogP contribution in [0.3, 0.4) is 0 Å². The molecule has 0 fully saturated rings. The molecule has 11 heteroatoms. The number of methoxy groups -OCH3 is 1. The molecular weight excluding hydrogens is 415 g/mol. The van der Waals surface area contributed by atoms with E-state index in [1.165, 1.54) is 41.1 Å². The summed E-state index contributed by atoms with van der Waals surface area (Å²) in [5, 5.41) is 8.71. The summed E-state index contributed by atoms with van der Waals surface area (Å²) < 4.78 is 27.4. The molecule has 0 saturated carbocycles. The molecule has 0 atom stereocenters. The van der Waals surface area contributed by atoms with E-state index in [2.05, 4.69) is 20.2 Å². The molecule has 0 radical (unpaired) electrons. The molecule has 0 aliphatic heterocycles. The summed E-state index contributed by atoms with van der Waals surface area (Å²) in [5.41, 5.74) is 1.64. The Morgan fingerprint density at radius 1 is 1.23 bits per heavy atom. The zero-order valence-corrected chi connectivity index (χ0v) is 16.8. The van der Waals surface area contributed by atoms with Crippen molar-refractivity contribution < 1.29 is 18.7 Å². The number of aromatic nitrogens is 6. The lowest BCUT2D eigenvalue weighted by molar-refractivity contribution is 0.0526. The molecule has 1 aromatic carbocycles. The minimum absolute atomic E-state index is 0.139. The van der Waals surface area contributed by atoms with Gasteiger partial charge in [-0.05, 0) is 19.1 Å². The zero-order chi connectivity index (χ0) is 21.3. The second-order valence-electron chi connectivity index (χ2n) is 6.20. The number of nitrogens with zero attached hydrogens (tertiary/aromatic N) is 6. The minimum Gasteiger partial charge on any atom is -0.479 e. The van der Waals surface area contributed by atoms with Gasteiger partial charge in [-0.1, -0.05) is 17.7 Å². The molecule has 9 nitrogen and oxygen atoms in total. The van der Waals surface area contributed by atoms with E-state index >= 15 is 0 Å². The van der Waals surface area contributed by atoms with Gasteiger partial charge >= 0.3 is 5.97 Å². The van der Waals surface area contributed by atoms with E-state index in [1.54, 1.807) is 19.1 Å². The third kappa shape index (κ3) is 3.69. The van der Waals surface area contributed by atoms with Gasteiger partial charge in [0.05, 0.1) is 38.2 Å². The Labute approximate surface area is 175 Å². The summed E-state index contributed by atoms with van der Waals surface area (Å²) in [6.07, 6.45) is 4.35. The van der Waals surface area contributed by atoms with Gasteiger partial charge in [0.25, 0.3) is 5.95 Å². The Morgan fingerprint density at radius 2 is 2.07 bits per heavy atom. The lowest BCUT2D eigenvalue weighted by atomic mass is 10.2. The first-order chi connectivity index (χ1) is 14.5. The first-order valence-corrected chi connectivity index (χ1v) is 9.31. The van der Waals surface area contributed by atoms with E-state index in [9.17, 15) is 9.18 Å². The van der Waals surface area contributed by atoms with E-state index in [0.29, 0.717) is 21.6 Å². The van der Waals surface area contributed by atoms with Crippen molar-refractivity contribution in [1.82, 2.24) is 29.5 Å². The lowest BCUT2D eigenvalue weighted by Crippen LogP contribution is -2.08. The molecule has 4 rings (SSSR count). The third-order valence-electron chi connectivity index (χ3n) is 4.27. The van der Waals surface area contributed by atoms with Gasteiger partial charge < -0.3 is 9.47 Å². The van der Waals surface area contributed by atoms with Gasteiger partial charge in [0.1, 0.15) is 16.9 Å². The van der Waals surface area contributed by atoms with Crippen molar-refractivity contribution in [3.8, 4) is 11.8 Å². The number of carbonyl (C=O) groups excluding carboxylic acids is 1. The quantitative estimate of drug-likeness (QED) is 0.434. The zero-order valence-electron chi connectivity index (χ0n) is 16.0. The van der Waals surface area contributed by atoms with Gasteiger partial charge in [-0.3, -0.25) is 4.68 Å². The maximum atomic E-state index is 14.2. The number of hydrogen-bond acceptors (Lipinski definition) is 7. The van der Waals surface area contributed by atoms with E-state index in [0.717, 1.165) is 0 Å². The van der Waals surface area contributed by atoms with Crippen LogP contribution in [0, 0.1) is 5.82 Å². The maximum absolute atomic E-state index is 14.2. The fourth-order valence-electron chi connectivity index (χ4n) is 2.88. The van der Waals surface area contributed by atoms with E-state index in [1.807, 2.05) is 0 Å².